The first-order valence-electron chi connectivity index (χ1n) is 8.55. The van der Waals surface area contributed by atoms with Crippen LogP contribution in [0.15, 0.2) is 40.9 Å². The van der Waals surface area contributed by atoms with E-state index in [0.717, 1.165) is 27.9 Å². The summed E-state index contributed by atoms with van der Waals surface area (Å²) in [6.07, 6.45) is 3.36. The number of rotatable bonds is 3. The van der Waals surface area contributed by atoms with E-state index in [1.807, 2.05) is 29.2 Å². The highest BCUT2D eigenvalue weighted by Crippen LogP contribution is 2.42. The van der Waals surface area contributed by atoms with Gasteiger partial charge >= 0.3 is 0 Å². The fourth-order valence-corrected chi connectivity index (χ4v) is 4.02. The van der Waals surface area contributed by atoms with Crippen LogP contribution in [0.2, 0.25) is 0 Å². The molecule has 1 amide bonds. The van der Waals surface area contributed by atoms with Gasteiger partial charge in [0, 0.05) is 10.2 Å². The van der Waals surface area contributed by atoms with Crippen LogP contribution in [0.3, 0.4) is 0 Å². The van der Waals surface area contributed by atoms with E-state index in [9.17, 15) is 4.79 Å². The van der Waals surface area contributed by atoms with Gasteiger partial charge in [0.2, 0.25) is 0 Å². The first kappa shape index (κ1) is 15.7. The van der Waals surface area contributed by atoms with Crippen molar-refractivity contribution in [2.24, 2.45) is 0 Å². The molecule has 24 heavy (non-hydrogen) atoms. The lowest BCUT2D eigenvalue weighted by Gasteiger charge is -2.23. The molecule has 0 unspecified atom stereocenters. The Morgan fingerprint density at radius 1 is 1.25 bits per heavy atom. The van der Waals surface area contributed by atoms with Gasteiger partial charge < -0.3 is 9.64 Å². The average molecular weight is 386 g/mol. The third-order valence-electron chi connectivity index (χ3n) is 4.84. The molecule has 4 rings (SSSR count). The van der Waals surface area contributed by atoms with E-state index >= 15 is 0 Å². The van der Waals surface area contributed by atoms with Crippen molar-refractivity contribution in [2.75, 3.05) is 18.1 Å². The lowest BCUT2D eigenvalue weighted by molar-refractivity contribution is 0.0989. The molecule has 124 valence electrons. The number of nitrogens with zero attached hydrogens (tertiary/aromatic N) is 1. The molecule has 2 aliphatic rings. The zero-order valence-corrected chi connectivity index (χ0v) is 15.3. The molecule has 0 atom stereocenters. The molecule has 1 aliphatic heterocycles. The molecule has 0 radical (unpaired) electrons. The second-order valence-electron chi connectivity index (χ2n) is 6.43. The van der Waals surface area contributed by atoms with E-state index in [2.05, 4.69) is 35.0 Å². The molecule has 0 aromatic heterocycles. The Bertz CT molecular complexity index is 798. The molecule has 1 aliphatic carbocycles. The Morgan fingerprint density at radius 3 is 2.83 bits per heavy atom. The van der Waals surface area contributed by atoms with Gasteiger partial charge in [-0.15, -0.1) is 0 Å². The molecule has 2 aromatic carbocycles. The number of carbonyl (C=O) groups excluding carboxylic acids is 1. The monoisotopic (exact) mass is 385 g/mol. The van der Waals surface area contributed by atoms with Crippen LogP contribution in [-0.4, -0.2) is 19.1 Å². The predicted molar refractivity (Wildman–Crippen MR) is 99.1 cm³/mol. The zero-order chi connectivity index (χ0) is 16.7. The third-order valence-corrected chi connectivity index (χ3v) is 5.58. The molecule has 0 bridgehead atoms. The lowest BCUT2D eigenvalue weighted by Crippen LogP contribution is -2.33. The minimum absolute atomic E-state index is 0.0256. The van der Waals surface area contributed by atoms with E-state index in [-0.39, 0.29) is 5.91 Å². The molecule has 0 saturated heterocycles. The molecule has 1 heterocycles. The van der Waals surface area contributed by atoms with Crippen LogP contribution in [0.25, 0.3) is 0 Å². The number of fused-ring (bicyclic) bond motifs is 1. The highest BCUT2D eigenvalue weighted by atomic mass is 79.9. The Morgan fingerprint density at radius 2 is 2.08 bits per heavy atom. The minimum atomic E-state index is 0.0256. The Kier molecular flexibility index (Phi) is 4.09. The van der Waals surface area contributed by atoms with Gasteiger partial charge in [-0.1, -0.05) is 35.0 Å². The van der Waals surface area contributed by atoms with E-state index in [1.165, 1.54) is 18.4 Å². The molecule has 2 aromatic rings. The first-order chi connectivity index (χ1) is 11.7. The molecule has 1 saturated carbocycles. The number of anilines is 1. The number of amides is 1. The maximum Gasteiger partial charge on any atom is 0.262 e. The van der Waals surface area contributed by atoms with Crippen LogP contribution in [0.4, 0.5) is 5.69 Å². The molecule has 3 nitrogen and oxygen atoms in total. The van der Waals surface area contributed by atoms with Crippen LogP contribution >= 0.6 is 15.9 Å². The predicted octanol–water partition coefficient (Wildman–Crippen LogP) is 4.93. The number of halogens is 1. The van der Waals surface area contributed by atoms with Crippen molar-refractivity contribution in [1.29, 1.82) is 0 Å². The van der Waals surface area contributed by atoms with Gasteiger partial charge in [0.25, 0.3) is 5.91 Å². The van der Waals surface area contributed by atoms with Gasteiger partial charge in [0.1, 0.15) is 12.4 Å². The van der Waals surface area contributed by atoms with Crippen molar-refractivity contribution in [3.63, 3.8) is 0 Å². The minimum Gasteiger partial charge on any atom is -0.491 e. The van der Waals surface area contributed by atoms with Crippen molar-refractivity contribution in [1.82, 2.24) is 0 Å². The summed E-state index contributed by atoms with van der Waals surface area (Å²) >= 11 is 3.61. The van der Waals surface area contributed by atoms with Crippen LogP contribution < -0.4 is 9.64 Å². The number of ether oxygens (including phenoxy) is 1. The largest absolute Gasteiger partial charge is 0.491 e. The van der Waals surface area contributed by atoms with Crippen LogP contribution in [0.5, 0.6) is 5.75 Å². The van der Waals surface area contributed by atoms with Crippen LogP contribution in [0.1, 0.15) is 47.2 Å². The summed E-state index contributed by atoms with van der Waals surface area (Å²) in [5, 5.41) is 0. The Labute approximate surface area is 150 Å². The van der Waals surface area contributed by atoms with Crippen molar-refractivity contribution < 1.29 is 9.53 Å². The smallest absolute Gasteiger partial charge is 0.262 e. The average Bonchev–Trinajstić information content (AvgIpc) is 3.43. The standard InChI is InChI=1S/C20H20BrNO2/c1-2-15-17(21)4-3-5-18(15)22-10-11-24-19-12-14(13-6-7-13)8-9-16(19)20(22)23/h3-5,8-9,12-13H,2,6-7,10-11H2,1H3. The van der Waals surface area contributed by atoms with Gasteiger partial charge in [0.15, 0.2) is 0 Å². The summed E-state index contributed by atoms with van der Waals surface area (Å²) in [7, 11) is 0. The summed E-state index contributed by atoms with van der Waals surface area (Å²) in [4.78, 5) is 15.0. The summed E-state index contributed by atoms with van der Waals surface area (Å²) in [5.41, 5.74) is 4.09. The number of hydrogen-bond donors (Lipinski definition) is 0. The molecule has 0 spiro atoms. The molecular formula is C20H20BrNO2. The first-order valence-corrected chi connectivity index (χ1v) is 9.34. The van der Waals surface area contributed by atoms with E-state index in [4.69, 9.17) is 4.74 Å². The Balaban J connectivity index is 1.74. The van der Waals surface area contributed by atoms with Crippen LogP contribution in [0, 0.1) is 0 Å². The fourth-order valence-electron chi connectivity index (χ4n) is 3.38. The van der Waals surface area contributed by atoms with Crippen molar-refractivity contribution in [3.05, 3.63) is 57.6 Å². The highest BCUT2D eigenvalue weighted by molar-refractivity contribution is 9.10. The summed E-state index contributed by atoms with van der Waals surface area (Å²) in [6.45, 7) is 3.19. The number of carbonyl (C=O) groups is 1. The summed E-state index contributed by atoms with van der Waals surface area (Å²) < 4.78 is 6.96. The SMILES string of the molecule is CCc1c(Br)cccc1N1CCOc2cc(C3CC3)ccc2C1=O. The summed E-state index contributed by atoms with van der Waals surface area (Å²) in [6, 6.07) is 12.1. The van der Waals surface area contributed by atoms with E-state index in [0.29, 0.717) is 24.6 Å². The second-order valence-corrected chi connectivity index (χ2v) is 7.28. The van der Waals surface area contributed by atoms with E-state index in [1.54, 1.807) is 0 Å². The topological polar surface area (TPSA) is 29.5 Å². The number of hydrogen-bond acceptors (Lipinski definition) is 2. The third kappa shape index (κ3) is 2.73. The molecule has 1 fully saturated rings. The van der Waals surface area contributed by atoms with Crippen molar-refractivity contribution in [3.8, 4) is 5.75 Å². The number of benzene rings is 2. The molecule has 0 N–H and O–H groups in total. The molecular weight excluding hydrogens is 366 g/mol. The second kappa shape index (κ2) is 6.25. The maximum absolute atomic E-state index is 13.1. The molecule has 4 heteroatoms. The normalized spacial score (nSPS) is 17.2. The summed E-state index contributed by atoms with van der Waals surface area (Å²) in [5.74, 6) is 1.42. The van der Waals surface area contributed by atoms with Gasteiger partial charge in [-0.05, 0) is 60.6 Å². The van der Waals surface area contributed by atoms with Crippen LogP contribution in [-0.2, 0) is 6.42 Å². The van der Waals surface area contributed by atoms with Crippen molar-refractivity contribution >= 4 is 27.5 Å². The maximum atomic E-state index is 13.1. The van der Waals surface area contributed by atoms with Gasteiger partial charge in [-0.2, -0.15) is 0 Å². The zero-order valence-electron chi connectivity index (χ0n) is 13.7. The van der Waals surface area contributed by atoms with Gasteiger partial charge in [0.05, 0.1) is 12.1 Å². The fraction of sp³-hybridized carbons (Fsp3) is 0.350. The van der Waals surface area contributed by atoms with Crippen molar-refractivity contribution in [2.45, 2.75) is 32.1 Å². The van der Waals surface area contributed by atoms with E-state index < -0.39 is 0 Å². The highest BCUT2D eigenvalue weighted by Gasteiger charge is 2.29. The van der Waals surface area contributed by atoms with Gasteiger partial charge in [-0.25, -0.2) is 0 Å². The lowest BCUT2D eigenvalue weighted by atomic mass is 10.0. The Hall–Kier alpha value is -1.81. The quantitative estimate of drug-likeness (QED) is 0.749. The van der Waals surface area contributed by atoms with Gasteiger partial charge in [-0.3, -0.25) is 4.79 Å².